The second-order valence-electron chi connectivity index (χ2n) is 7.62. The van der Waals surface area contributed by atoms with Crippen LogP contribution in [0.3, 0.4) is 0 Å². The number of benzene rings is 1. The van der Waals surface area contributed by atoms with Crippen molar-refractivity contribution >= 4 is 40.4 Å². The minimum atomic E-state index is -0.515. The predicted octanol–water partition coefficient (Wildman–Crippen LogP) is 3.52. The van der Waals surface area contributed by atoms with Crippen LogP contribution in [0.15, 0.2) is 24.4 Å². The van der Waals surface area contributed by atoms with Gasteiger partial charge in [0.25, 0.3) is 0 Å². The molecule has 1 saturated heterocycles. The molecule has 1 fully saturated rings. The summed E-state index contributed by atoms with van der Waals surface area (Å²) in [4.78, 5) is 12.1. The average molecular weight is 465 g/mol. The quantitative estimate of drug-likeness (QED) is 0.319. The Morgan fingerprint density at radius 2 is 2.15 bits per heavy atom. The van der Waals surface area contributed by atoms with Gasteiger partial charge in [0.15, 0.2) is 0 Å². The third kappa shape index (κ3) is 4.62. The number of ether oxygens (including phenoxy) is 2. The van der Waals surface area contributed by atoms with E-state index in [1.54, 1.807) is 13.2 Å². The smallest absolute Gasteiger partial charge is 0.231 e. The monoisotopic (exact) mass is 464 g/mol. The molecule has 0 atom stereocenters. The Labute approximate surface area is 195 Å². The first-order chi connectivity index (χ1) is 16.6. The average Bonchev–Trinajstić information content (AvgIpc) is 3.27. The fourth-order valence-corrected chi connectivity index (χ4v) is 3.85. The lowest BCUT2D eigenvalue weighted by molar-refractivity contribution is 0.0904. The third-order valence-electron chi connectivity index (χ3n) is 5.56. The van der Waals surface area contributed by atoms with Crippen molar-refractivity contribution in [3.05, 3.63) is 41.3 Å². The number of nitrogens with one attached hydrogen (secondary N) is 5. The van der Waals surface area contributed by atoms with Crippen LogP contribution >= 0.6 is 0 Å². The molecule has 0 unspecified atom stereocenters. The van der Waals surface area contributed by atoms with E-state index in [1.807, 2.05) is 0 Å². The number of fused-ring (bicyclic) bond motifs is 1. The standard InChI is InChI=1S/C23H25FN8O2/c1-27-17(3-6-25)15-9-19(33-2)18(10-16(15)24)30-23-31-21-20(13(11-26)12-28-21)22(32-23)29-14-4-7-34-8-5-14/h3,6,9-10,12,14,25,27H,4-5,7-8H2,1-2H3,(H3,28,29,30,31,32)/b17-3-,25-6?. The van der Waals surface area contributed by atoms with Crippen molar-refractivity contribution in [2.45, 2.75) is 18.9 Å². The van der Waals surface area contributed by atoms with Gasteiger partial charge in [0.05, 0.1) is 23.7 Å². The molecule has 2 aromatic heterocycles. The lowest BCUT2D eigenvalue weighted by atomic mass is 10.1. The molecule has 1 aromatic carbocycles. The topological polar surface area (TPSA) is 144 Å². The van der Waals surface area contributed by atoms with Crippen LogP contribution in [-0.2, 0) is 4.74 Å². The molecule has 0 aliphatic carbocycles. The summed E-state index contributed by atoms with van der Waals surface area (Å²) in [5.41, 5.74) is 1.94. The maximum absolute atomic E-state index is 15.0. The summed E-state index contributed by atoms with van der Waals surface area (Å²) >= 11 is 0. The van der Waals surface area contributed by atoms with Crippen LogP contribution in [0.1, 0.15) is 24.0 Å². The second kappa shape index (κ2) is 10.2. The molecule has 0 amide bonds. The number of nitrogens with zero attached hydrogens (tertiary/aromatic N) is 3. The van der Waals surface area contributed by atoms with Gasteiger partial charge in [0.2, 0.25) is 5.95 Å². The number of rotatable bonds is 8. The maximum atomic E-state index is 15.0. The van der Waals surface area contributed by atoms with E-state index >= 15 is 0 Å². The van der Waals surface area contributed by atoms with Gasteiger partial charge in [-0.15, -0.1) is 0 Å². The molecule has 3 heterocycles. The molecule has 3 aromatic rings. The van der Waals surface area contributed by atoms with Crippen molar-refractivity contribution in [1.29, 1.82) is 10.7 Å². The van der Waals surface area contributed by atoms with Crippen molar-refractivity contribution in [3.8, 4) is 11.8 Å². The highest BCUT2D eigenvalue weighted by molar-refractivity contribution is 5.94. The van der Waals surface area contributed by atoms with Crippen molar-refractivity contribution < 1.29 is 13.9 Å². The van der Waals surface area contributed by atoms with Crippen LogP contribution in [0, 0.1) is 22.6 Å². The van der Waals surface area contributed by atoms with Gasteiger partial charge in [0.1, 0.15) is 29.1 Å². The van der Waals surface area contributed by atoms with E-state index in [2.05, 4.69) is 37.0 Å². The maximum Gasteiger partial charge on any atom is 0.231 e. The zero-order valence-corrected chi connectivity index (χ0v) is 18.8. The molecular weight excluding hydrogens is 439 g/mol. The van der Waals surface area contributed by atoms with E-state index in [9.17, 15) is 9.65 Å². The fraction of sp³-hybridized carbons (Fsp3) is 0.304. The van der Waals surface area contributed by atoms with Gasteiger partial charge in [-0.2, -0.15) is 15.2 Å². The summed E-state index contributed by atoms with van der Waals surface area (Å²) in [6.45, 7) is 1.30. The Morgan fingerprint density at radius 3 is 2.82 bits per heavy atom. The number of aromatic amines is 1. The molecule has 0 spiro atoms. The number of H-pyrrole nitrogens is 1. The van der Waals surface area contributed by atoms with Gasteiger partial charge < -0.3 is 35.8 Å². The van der Waals surface area contributed by atoms with Crippen molar-refractivity contribution in [2.24, 2.45) is 0 Å². The van der Waals surface area contributed by atoms with Crippen LogP contribution in [0.2, 0.25) is 0 Å². The van der Waals surface area contributed by atoms with Crippen LogP contribution in [0.25, 0.3) is 16.7 Å². The molecule has 34 heavy (non-hydrogen) atoms. The first kappa shape index (κ1) is 23.0. The Hall–Kier alpha value is -4.17. The zero-order chi connectivity index (χ0) is 24.1. The molecule has 176 valence electrons. The van der Waals surface area contributed by atoms with E-state index in [0.29, 0.717) is 52.8 Å². The third-order valence-corrected chi connectivity index (χ3v) is 5.56. The van der Waals surface area contributed by atoms with Crippen LogP contribution in [-0.4, -0.2) is 54.6 Å². The molecule has 4 rings (SSSR count). The molecule has 1 aliphatic rings. The highest BCUT2D eigenvalue weighted by Crippen LogP contribution is 2.33. The molecule has 1 aliphatic heterocycles. The highest BCUT2D eigenvalue weighted by atomic mass is 19.1. The summed E-state index contributed by atoms with van der Waals surface area (Å²) < 4.78 is 25.9. The zero-order valence-electron chi connectivity index (χ0n) is 18.8. The summed E-state index contributed by atoms with van der Waals surface area (Å²) in [6, 6.07) is 5.13. The molecule has 10 nitrogen and oxygen atoms in total. The van der Waals surface area contributed by atoms with Crippen molar-refractivity contribution in [3.63, 3.8) is 0 Å². The van der Waals surface area contributed by atoms with Gasteiger partial charge in [-0.25, -0.2) is 4.39 Å². The second-order valence-corrected chi connectivity index (χ2v) is 7.62. The number of halogens is 1. The van der Waals surface area contributed by atoms with E-state index in [-0.39, 0.29) is 17.6 Å². The lowest BCUT2D eigenvalue weighted by Gasteiger charge is -2.24. The lowest BCUT2D eigenvalue weighted by Crippen LogP contribution is -2.28. The number of methoxy groups -OCH3 is 1. The van der Waals surface area contributed by atoms with Crippen LogP contribution in [0.5, 0.6) is 5.75 Å². The van der Waals surface area contributed by atoms with Gasteiger partial charge >= 0.3 is 0 Å². The predicted molar refractivity (Wildman–Crippen MR) is 128 cm³/mol. The number of hydrogen-bond donors (Lipinski definition) is 5. The van der Waals surface area contributed by atoms with Gasteiger partial charge in [-0.05, 0) is 25.0 Å². The summed E-state index contributed by atoms with van der Waals surface area (Å²) in [5.74, 6) is 0.579. The molecule has 0 bridgehead atoms. The molecule has 0 saturated carbocycles. The normalized spacial score (nSPS) is 14.5. The van der Waals surface area contributed by atoms with Crippen molar-refractivity contribution in [1.82, 2.24) is 20.3 Å². The van der Waals surface area contributed by atoms with Gasteiger partial charge in [-0.3, -0.25) is 0 Å². The number of hydrogen-bond acceptors (Lipinski definition) is 9. The van der Waals surface area contributed by atoms with Gasteiger partial charge in [0, 0.05) is 56.0 Å². The molecular formula is C23H25FN8O2. The molecule has 0 radical (unpaired) electrons. The minimum absolute atomic E-state index is 0.146. The first-order valence-corrected chi connectivity index (χ1v) is 10.7. The van der Waals surface area contributed by atoms with Crippen LogP contribution in [0.4, 0.5) is 21.8 Å². The van der Waals surface area contributed by atoms with E-state index in [0.717, 1.165) is 19.1 Å². The van der Waals surface area contributed by atoms with Crippen molar-refractivity contribution in [2.75, 3.05) is 38.0 Å². The summed E-state index contributed by atoms with van der Waals surface area (Å²) in [7, 11) is 3.13. The molecule has 11 heteroatoms. The van der Waals surface area contributed by atoms with Gasteiger partial charge in [-0.1, -0.05) is 0 Å². The van der Waals surface area contributed by atoms with E-state index in [1.165, 1.54) is 25.3 Å². The van der Waals surface area contributed by atoms with Crippen LogP contribution < -0.4 is 20.7 Å². The Balaban J connectivity index is 1.73. The number of allylic oxidation sites excluding steroid dienone is 1. The van der Waals surface area contributed by atoms with E-state index in [4.69, 9.17) is 14.9 Å². The highest BCUT2D eigenvalue weighted by Gasteiger charge is 2.20. The molecule has 5 N–H and O–H groups in total. The first-order valence-electron chi connectivity index (χ1n) is 10.7. The number of nitriles is 1. The Morgan fingerprint density at radius 1 is 1.35 bits per heavy atom. The number of anilines is 3. The Kier molecular flexibility index (Phi) is 6.89. The summed E-state index contributed by atoms with van der Waals surface area (Å²) in [5, 5.41) is 26.7. The summed E-state index contributed by atoms with van der Waals surface area (Å²) in [6.07, 6.45) is 5.75. The SMILES string of the molecule is CN/C(=C\C=N)c1cc(OC)c(Nc2nc(NC3CCOCC3)c3c(C#N)c[nH]c3n2)cc1F. The fourth-order valence-electron chi connectivity index (χ4n) is 3.85. The number of aromatic nitrogens is 3. The Bertz CT molecular complexity index is 1270. The largest absolute Gasteiger partial charge is 0.495 e. The minimum Gasteiger partial charge on any atom is -0.495 e. The van der Waals surface area contributed by atoms with E-state index < -0.39 is 5.82 Å².